The predicted molar refractivity (Wildman–Crippen MR) is 72.7 cm³/mol. The lowest BCUT2D eigenvalue weighted by Gasteiger charge is -2.17. The first-order valence-electron chi connectivity index (χ1n) is 5.92. The van der Waals surface area contributed by atoms with Crippen LogP contribution in [0.3, 0.4) is 0 Å². The number of benzene rings is 1. The van der Waals surface area contributed by atoms with Crippen molar-refractivity contribution in [3.8, 4) is 0 Å². The Morgan fingerprint density at radius 1 is 1.35 bits per heavy atom. The molecule has 0 saturated carbocycles. The Morgan fingerprint density at radius 2 is 2.00 bits per heavy atom. The smallest absolute Gasteiger partial charge is 0.328 e. The Balaban J connectivity index is 2.67. The molecule has 0 amide bonds. The van der Waals surface area contributed by atoms with E-state index in [1.165, 1.54) is 6.08 Å². The molecule has 7 heteroatoms. The van der Waals surface area contributed by atoms with E-state index in [0.29, 0.717) is 11.1 Å². The molecule has 7 nitrogen and oxygen atoms in total. The van der Waals surface area contributed by atoms with Crippen LogP contribution in [0, 0.1) is 0 Å². The molecule has 1 aromatic rings. The van der Waals surface area contributed by atoms with Crippen LogP contribution in [0.1, 0.15) is 23.7 Å². The van der Waals surface area contributed by atoms with Crippen LogP contribution in [0.5, 0.6) is 0 Å². The maximum absolute atomic E-state index is 10.4. The van der Waals surface area contributed by atoms with Gasteiger partial charge in [0.05, 0.1) is 6.10 Å². The molecule has 0 fully saturated rings. The topological polar surface area (TPSA) is 127 Å². The minimum atomic E-state index is -1.08. The summed E-state index contributed by atoms with van der Waals surface area (Å²) < 4.78 is 0. The van der Waals surface area contributed by atoms with Gasteiger partial charge in [-0.1, -0.05) is 29.4 Å². The van der Waals surface area contributed by atoms with Gasteiger partial charge in [-0.2, -0.15) is 0 Å². The van der Waals surface area contributed by atoms with Crippen molar-refractivity contribution >= 4 is 12.0 Å². The number of carboxylic acids is 1. The zero-order valence-corrected chi connectivity index (χ0v) is 10.6. The van der Waals surface area contributed by atoms with Crippen LogP contribution in [-0.4, -0.2) is 33.9 Å². The lowest BCUT2D eigenvalue weighted by Crippen LogP contribution is -2.19. The van der Waals surface area contributed by atoms with Crippen molar-refractivity contribution in [2.75, 3.05) is 6.54 Å². The SMILES string of the molecule is [N-]=[N+]=NCCC(O)C(O)c1ccc(/C=C/C(=O)O)cc1. The summed E-state index contributed by atoms with van der Waals surface area (Å²) in [4.78, 5) is 12.9. The highest BCUT2D eigenvalue weighted by Crippen LogP contribution is 2.20. The minimum absolute atomic E-state index is 0.105. The van der Waals surface area contributed by atoms with E-state index in [9.17, 15) is 15.0 Å². The third-order valence-electron chi connectivity index (χ3n) is 2.65. The van der Waals surface area contributed by atoms with E-state index in [1.54, 1.807) is 24.3 Å². The summed E-state index contributed by atoms with van der Waals surface area (Å²) in [7, 11) is 0. The summed E-state index contributed by atoms with van der Waals surface area (Å²) in [6.07, 6.45) is 0.491. The molecule has 0 saturated heterocycles. The van der Waals surface area contributed by atoms with E-state index in [0.717, 1.165) is 6.08 Å². The molecule has 3 N–H and O–H groups in total. The maximum Gasteiger partial charge on any atom is 0.328 e. The van der Waals surface area contributed by atoms with Gasteiger partial charge in [0, 0.05) is 17.5 Å². The molecular formula is C13H15N3O4. The predicted octanol–water partition coefficient (Wildman–Crippen LogP) is 1.88. The zero-order valence-electron chi connectivity index (χ0n) is 10.6. The quantitative estimate of drug-likeness (QED) is 0.304. The fraction of sp³-hybridized carbons (Fsp3) is 0.308. The van der Waals surface area contributed by atoms with Crippen LogP contribution in [0.15, 0.2) is 35.5 Å². The number of carboxylic acid groups (broad SMARTS) is 1. The molecule has 0 spiro atoms. The number of aliphatic hydroxyl groups excluding tert-OH is 2. The number of carbonyl (C=O) groups is 1. The van der Waals surface area contributed by atoms with Crippen molar-refractivity contribution in [2.24, 2.45) is 5.11 Å². The van der Waals surface area contributed by atoms with E-state index in [2.05, 4.69) is 10.0 Å². The summed E-state index contributed by atoms with van der Waals surface area (Å²) >= 11 is 0. The molecule has 0 aliphatic heterocycles. The minimum Gasteiger partial charge on any atom is -0.478 e. The molecule has 2 atom stereocenters. The summed E-state index contributed by atoms with van der Waals surface area (Å²) in [5, 5.41) is 31.4. The van der Waals surface area contributed by atoms with Crippen molar-refractivity contribution in [1.29, 1.82) is 0 Å². The third-order valence-corrected chi connectivity index (χ3v) is 2.65. The Hall–Kier alpha value is -2.34. The van der Waals surface area contributed by atoms with Gasteiger partial charge in [0.15, 0.2) is 0 Å². The third kappa shape index (κ3) is 5.11. The molecule has 1 aromatic carbocycles. The Labute approximate surface area is 115 Å². The lowest BCUT2D eigenvalue weighted by atomic mass is 10.0. The second-order valence-corrected chi connectivity index (χ2v) is 4.09. The van der Waals surface area contributed by atoms with Crippen molar-refractivity contribution in [1.82, 2.24) is 0 Å². The largest absolute Gasteiger partial charge is 0.478 e. The fourth-order valence-electron chi connectivity index (χ4n) is 1.59. The number of aliphatic carboxylic acids is 1. The van der Waals surface area contributed by atoms with Crippen LogP contribution in [0.25, 0.3) is 16.5 Å². The number of hydrogen-bond acceptors (Lipinski definition) is 4. The van der Waals surface area contributed by atoms with Gasteiger partial charge in [-0.3, -0.25) is 0 Å². The van der Waals surface area contributed by atoms with Gasteiger partial charge in [-0.15, -0.1) is 0 Å². The highest BCUT2D eigenvalue weighted by Gasteiger charge is 2.17. The van der Waals surface area contributed by atoms with Gasteiger partial charge in [0.1, 0.15) is 6.10 Å². The summed E-state index contributed by atoms with van der Waals surface area (Å²) in [5.41, 5.74) is 9.30. The van der Waals surface area contributed by atoms with Crippen LogP contribution in [0.2, 0.25) is 0 Å². The van der Waals surface area contributed by atoms with Crippen LogP contribution in [-0.2, 0) is 4.79 Å². The van der Waals surface area contributed by atoms with Crippen molar-refractivity contribution in [2.45, 2.75) is 18.6 Å². The number of aliphatic hydroxyl groups is 2. The van der Waals surface area contributed by atoms with Gasteiger partial charge in [0.25, 0.3) is 0 Å². The second kappa shape index (κ2) is 7.96. The van der Waals surface area contributed by atoms with Crippen LogP contribution >= 0.6 is 0 Å². The molecule has 1 rings (SSSR count). The summed E-state index contributed by atoms with van der Waals surface area (Å²) in [5.74, 6) is -1.04. The first-order chi connectivity index (χ1) is 9.54. The van der Waals surface area contributed by atoms with E-state index in [-0.39, 0.29) is 13.0 Å². The van der Waals surface area contributed by atoms with Gasteiger partial charge >= 0.3 is 5.97 Å². The van der Waals surface area contributed by atoms with Crippen molar-refractivity contribution < 1.29 is 20.1 Å². The molecule has 0 bridgehead atoms. The molecule has 0 heterocycles. The van der Waals surface area contributed by atoms with Crippen LogP contribution < -0.4 is 0 Å². The number of rotatable bonds is 7. The molecular weight excluding hydrogens is 262 g/mol. The molecule has 0 radical (unpaired) electrons. The van der Waals surface area contributed by atoms with E-state index >= 15 is 0 Å². The fourth-order valence-corrected chi connectivity index (χ4v) is 1.59. The first-order valence-corrected chi connectivity index (χ1v) is 5.92. The van der Waals surface area contributed by atoms with Gasteiger partial charge in [-0.25, -0.2) is 4.79 Å². The Kier molecular flexibility index (Phi) is 6.25. The second-order valence-electron chi connectivity index (χ2n) is 4.09. The first kappa shape index (κ1) is 15.7. The molecule has 2 unspecified atom stereocenters. The highest BCUT2D eigenvalue weighted by atomic mass is 16.4. The average molecular weight is 277 g/mol. The van der Waals surface area contributed by atoms with Gasteiger partial charge in [0.2, 0.25) is 0 Å². The van der Waals surface area contributed by atoms with Crippen LogP contribution in [0.4, 0.5) is 0 Å². The maximum atomic E-state index is 10.4. The van der Waals surface area contributed by atoms with Gasteiger partial charge < -0.3 is 15.3 Å². The summed E-state index contributed by atoms with van der Waals surface area (Å²) in [6, 6.07) is 6.47. The molecule has 0 aliphatic rings. The zero-order chi connectivity index (χ0) is 15.0. The van der Waals surface area contributed by atoms with E-state index in [4.69, 9.17) is 10.6 Å². The Morgan fingerprint density at radius 3 is 2.55 bits per heavy atom. The standard InChI is InChI=1S/C13H15N3O4/c14-16-15-8-7-11(17)13(20)10-4-1-9(2-5-10)3-6-12(18)19/h1-6,11,13,17,20H,7-8H2,(H,18,19)/b6-3+. The number of nitrogens with zero attached hydrogens (tertiary/aromatic N) is 3. The monoisotopic (exact) mass is 277 g/mol. The number of hydrogen-bond donors (Lipinski definition) is 3. The van der Waals surface area contributed by atoms with Crippen molar-refractivity contribution in [3.63, 3.8) is 0 Å². The Bertz CT molecular complexity index is 521. The van der Waals surface area contributed by atoms with Crippen molar-refractivity contribution in [3.05, 3.63) is 51.9 Å². The molecule has 20 heavy (non-hydrogen) atoms. The van der Waals surface area contributed by atoms with E-state index < -0.39 is 18.2 Å². The molecule has 106 valence electrons. The normalized spacial score (nSPS) is 13.7. The lowest BCUT2D eigenvalue weighted by molar-refractivity contribution is -0.131. The number of azide groups is 1. The highest BCUT2D eigenvalue weighted by molar-refractivity contribution is 5.85. The van der Waals surface area contributed by atoms with Gasteiger partial charge in [-0.05, 0) is 29.2 Å². The molecule has 0 aliphatic carbocycles. The average Bonchev–Trinajstić information content (AvgIpc) is 2.45. The van der Waals surface area contributed by atoms with E-state index in [1.807, 2.05) is 0 Å². The summed E-state index contributed by atoms with van der Waals surface area (Å²) in [6.45, 7) is 0.105. The molecule has 0 aromatic heterocycles.